The van der Waals surface area contributed by atoms with Crippen LogP contribution in [0.15, 0.2) is 72.8 Å². The summed E-state index contributed by atoms with van der Waals surface area (Å²) in [6.07, 6.45) is 0. The first kappa shape index (κ1) is 18.7. The summed E-state index contributed by atoms with van der Waals surface area (Å²) in [5, 5.41) is 3.84. The van der Waals surface area contributed by atoms with Crippen molar-refractivity contribution in [3.05, 3.63) is 89.5 Å². The number of methoxy groups -OCH3 is 1. The maximum Gasteiger partial charge on any atom is 0.256 e. The van der Waals surface area contributed by atoms with Gasteiger partial charge in [0.2, 0.25) is 0 Å². The van der Waals surface area contributed by atoms with Gasteiger partial charge in [0, 0.05) is 16.6 Å². The molecule has 0 aliphatic carbocycles. The number of rotatable bonds is 4. The van der Waals surface area contributed by atoms with Crippen LogP contribution in [0.5, 0.6) is 5.75 Å². The summed E-state index contributed by atoms with van der Waals surface area (Å²) >= 11 is 0. The van der Waals surface area contributed by atoms with Gasteiger partial charge < -0.3 is 10.1 Å². The van der Waals surface area contributed by atoms with Crippen LogP contribution in [0.1, 0.15) is 21.5 Å². The van der Waals surface area contributed by atoms with Crippen molar-refractivity contribution in [2.24, 2.45) is 0 Å². The Labute approximate surface area is 170 Å². The minimum atomic E-state index is -0.156. The molecule has 3 aromatic carbocycles. The minimum absolute atomic E-state index is 0.156. The number of ether oxygens (including phenoxy) is 1. The number of benzene rings is 3. The van der Waals surface area contributed by atoms with Gasteiger partial charge in [-0.1, -0.05) is 41.5 Å². The van der Waals surface area contributed by atoms with Crippen molar-refractivity contribution in [2.75, 3.05) is 12.4 Å². The summed E-state index contributed by atoms with van der Waals surface area (Å²) in [4.78, 5) is 18.0. The monoisotopic (exact) mass is 382 g/mol. The maximum atomic E-state index is 13.2. The Morgan fingerprint density at radius 2 is 1.66 bits per heavy atom. The van der Waals surface area contributed by atoms with E-state index in [4.69, 9.17) is 9.72 Å². The van der Waals surface area contributed by atoms with Crippen molar-refractivity contribution in [3.8, 4) is 17.0 Å². The van der Waals surface area contributed by atoms with Crippen LogP contribution in [0.3, 0.4) is 0 Å². The summed E-state index contributed by atoms with van der Waals surface area (Å²) in [6.45, 7) is 4.03. The average molecular weight is 382 g/mol. The highest BCUT2D eigenvalue weighted by Gasteiger charge is 2.15. The Hall–Kier alpha value is -3.66. The van der Waals surface area contributed by atoms with Gasteiger partial charge >= 0.3 is 0 Å². The molecule has 0 saturated carbocycles. The lowest BCUT2D eigenvalue weighted by Gasteiger charge is -2.12. The van der Waals surface area contributed by atoms with Crippen LogP contribution in [-0.2, 0) is 0 Å². The van der Waals surface area contributed by atoms with Gasteiger partial charge in [0.1, 0.15) is 5.75 Å². The smallest absolute Gasteiger partial charge is 0.256 e. The standard InChI is InChI=1S/C25H22N2O2/c1-16-7-10-19(11-8-16)26-25(28)22-15-24(18-5-4-6-20(14-18)29-3)27-23-12-9-17(2)13-21(22)23/h4-15H,1-3H3,(H,26,28). The second-order valence-electron chi connectivity index (χ2n) is 7.13. The minimum Gasteiger partial charge on any atom is -0.497 e. The molecule has 1 heterocycles. The lowest BCUT2D eigenvalue weighted by atomic mass is 10.0. The Morgan fingerprint density at radius 1 is 0.897 bits per heavy atom. The maximum absolute atomic E-state index is 13.2. The molecule has 4 aromatic rings. The van der Waals surface area contributed by atoms with Crippen LogP contribution >= 0.6 is 0 Å². The number of aryl methyl sites for hydroxylation is 2. The van der Waals surface area contributed by atoms with E-state index in [1.54, 1.807) is 7.11 Å². The van der Waals surface area contributed by atoms with Crippen molar-refractivity contribution in [3.63, 3.8) is 0 Å². The summed E-state index contributed by atoms with van der Waals surface area (Å²) < 4.78 is 5.34. The molecule has 1 amide bonds. The number of hydrogen-bond donors (Lipinski definition) is 1. The molecule has 4 heteroatoms. The lowest BCUT2D eigenvalue weighted by Crippen LogP contribution is -2.13. The molecule has 1 N–H and O–H groups in total. The van der Waals surface area contributed by atoms with Gasteiger partial charge in [0.15, 0.2) is 0 Å². The molecule has 0 unspecified atom stereocenters. The van der Waals surface area contributed by atoms with Crippen molar-refractivity contribution in [1.29, 1.82) is 0 Å². The number of anilines is 1. The van der Waals surface area contributed by atoms with Gasteiger partial charge in [-0.25, -0.2) is 4.98 Å². The number of amides is 1. The zero-order valence-electron chi connectivity index (χ0n) is 16.7. The zero-order chi connectivity index (χ0) is 20.4. The second-order valence-corrected chi connectivity index (χ2v) is 7.13. The van der Waals surface area contributed by atoms with E-state index in [-0.39, 0.29) is 5.91 Å². The molecule has 0 atom stereocenters. The number of nitrogens with one attached hydrogen (secondary N) is 1. The first-order valence-corrected chi connectivity index (χ1v) is 9.47. The van der Waals surface area contributed by atoms with Gasteiger partial charge in [-0.2, -0.15) is 0 Å². The molecule has 0 radical (unpaired) electrons. The Bertz CT molecular complexity index is 1200. The quantitative estimate of drug-likeness (QED) is 0.487. The highest BCUT2D eigenvalue weighted by molar-refractivity contribution is 6.13. The first-order valence-electron chi connectivity index (χ1n) is 9.47. The molecule has 4 nitrogen and oxygen atoms in total. The molecule has 144 valence electrons. The molecule has 0 saturated heterocycles. The van der Waals surface area contributed by atoms with Crippen molar-refractivity contribution >= 4 is 22.5 Å². The Morgan fingerprint density at radius 3 is 2.41 bits per heavy atom. The topological polar surface area (TPSA) is 51.2 Å². The number of fused-ring (bicyclic) bond motifs is 1. The largest absolute Gasteiger partial charge is 0.497 e. The molecule has 29 heavy (non-hydrogen) atoms. The predicted molar refractivity (Wildman–Crippen MR) is 118 cm³/mol. The van der Waals surface area contributed by atoms with E-state index in [0.717, 1.165) is 44.7 Å². The fraction of sp³-hybridized carbons (Fsp3) is 0.120. The van der Waals surface area contributed by atoms with Crippen molar-refractivity contribution in [1.82, 2.24) is 4.98 Å². The van der Waals surface area contributed by atoms with E-state index in [9.17, 15) is 4.79 Å². The average Bonchev–Trinajstić information content (AvgIpc) is 2.74. The van der Waals surface area contributed by atoms with E-state index in [1.807, 2.05) is 86.6 Å². The number of carbonyl (C=O) groups is 1. The van der Waals surface area contributed by atoms with E-state index in [2.05, 4.69) is 5.32 Å². The molecule has 0 bridgehead atoms. The molecule has 0 aliphatic heterocycles. The summed E-state index contributed by atoms with van der Waals surface area (Å²) in [7, 11) is 1.64. The molecule has 4 rings (SSSR count). The van der Waals surface area contributed by atoms with Gasteiger partial charge in [-0.05, 0) is 56.3 Å². The second kappa shape index (κ2) is 7.76. The first-order chi connectivity index (χ1) is 14.0. The van der Waals surface area contributed by atoms with Crippen LogP contribution < -0.4 is 10.1 Å². The van der Waals surface area contributed by atoms with Crippen LogP contribution in [0, 0.1) is 13.8 Å². The van der Waals surface area contributed by atoms with Gasteiger partial charge in [0.25, 0.3) is 5.91 Å². The molecular formula is C25H22N2O2. The summed E-state index contributed by atoms with van der Waals surface area (Å²) in [5.74, 6) is 0.593. The van der Waals surface area contributed by atoms with Crippen LogP contribution in [0.2, 0.25) is 0 Å². The van der Waals surface area contributed by atoms with E-state index >= 15 is 0 Å². The number of hydrogen-bond acceptors (Lipinski definition) is 3. The predicted octanol–water partition coefficient (Wildman–Crippen LogP) is 5.78. The van der Waals surface area contributed by atoms with Gasteiger partial charge in [0.05, 0.1) is 23.9 Å². The van der Waals surface area contributed by atoms with Crippen LogP contribution in [-0.4, -0.2) is 18.0 Å². The normalized spacial score (nSPS) is 10.7. The van der Waals surface area contributed by atoms with E-state index in [0.29, 0.717) is 5.56 Å². The number of pyridine rings is 1. The van der Waals surface area contributed by atoms with Crippen LogP contribution in [0.4, 0.5) is 5.69 Å². The van der Waals surface area contributed by atoms with Crippen molar-refractivity contribution < 1.29 is 9.53 Å². The molecule has 0 aliphatic rings. The number of carbonyl (C=O) groups excluding carboxylic acids is 1. The highest BCUT2D eigenvalue weighted by Crippen LogP contribution is 2.28. The van der Waals surface area contributed by atoms with E-state index < -0.39 is 0 Å². The molecule has 0 fully saturated rings. The number of aromatic nitrogens is 1. The highest BCUT2D eigenvalue weighted by atomic mass is 16.5. The third kappa shape index (κ3) is 3.97. The fourth-order valence-electron chi connectivity index (χ4n) is 3.29. The van der Waals surface area contributed by atoms with Crippen molar-refractivity contribution in [2.45, 2.75) is 13.8 Å². The number of nitrogens with zero attached hydrogens (tertiary/aromatic N) is 1. The van der Waals surface area contributed by atoms with Gasteiger partial charge in [-0.15, -0.1) is 0 Å². The molecule has 0 spiro atoms. The molecule has 1 aromatic heterocycles. The molecular weight excluding hydrogens is 360 g/mol. The van der Waals surface area contributed by atoms with E-state index in [1.165, 1.54) is 0 Å². The summed E-state index contributed by atoms with van der Waals surface area (Å²) in [6, 6.07) is 23.3. The third-order valence-corrected chi connectivity index (χ3v) is 4.88. The Kier molecular flexibility index (Phi) is 5.00. The van der Waals surface area contributed by atoms with Crippen LogP contribution in [0.25, 0.3) is 22.2 Å². The zero-order valence-corrected chi connectivity index (χ0v) is 16.7. The SMILES string of the molecule is COc1cccc(-c2cc(C(=O)Nc3ccc(C)cc3)c3cc(C)ccc3n2)c1. The third-order valence-electron chi connectivity index (χ3n) is 4.88. The lowest BCUT2D eigenvalue weighted by molar-refractivity contribution is 0.102. The fourth-order valence-corrected chi connectivity index (χ4v) is 3.29. The Balaban J connectivity index is 1.82. The summed E-state index contributed by atoms with van der Waals surface area (Å²) in [5.41, 5.74) is 6.00. The van der Waals surface area contributed by atoms with Gasteiger partial charge in [-0.3, -0.25) is 4.79 Å².